The Morgan fingerprint density at radius 1 is 1.22 bits per heavy atom. The molecule has 32 heavy (non-hydrogen) atoms. The van der Waals surface area contributed by atoms with Gasteiger partial charge in [-0.1, -0.05) is 29.3 Å². The van der Waals surface area contributed by atoms with Crippen molar-refractivity contribution in [3.63, 3.8) is 0 Å². The van der Waals surface area contributed by atoms with Crippen molar-refractivity contribution in [3.05, 3.63) is 73.7 Å². The lowest BCUT2D eigenvalue weighted by atomic mass is 10.0. The zero-order chi connectivity index (χ0) is 23.9. The van der Waals surface area contributed by atoms with Crippen molar-refractivity contribution >= 4 is 51.8 Å². The highest BCUT2D eigenvalue weighted by Crippen LogP contribution is 2.23. The van der Waals surface area contributed by atoms with Crippen molar-refractivity contribution in [2.75, 3.05) is 0 Å². The molecule has 1 fully saturated rings. The van der Waals surface area contributed by atoms with Crippen LogP contribution >= 0.6 is 23.2 Å². The molecule has 3 amide bonds. The van der Waals surface area contributed by atoms with Gasteiger partial charge in [0.05, 0.1) is 22.3 Å². The van der Waals surface area contributed by atoms with E-state index in [0.29, 0.717) is 21.7 Å². The second-order valence-corrected chi connectivity index (χ2v) is 8.10. The molecular weight excluding hydrogens is 455 g/mol. The van der Waals surface area contributed by atoms with Gasteiger partial charge in [-0.25, -0.2) is 4.98 Å². The molecular formula is C22H18Cl2N4O4. The van der Waals surface area contributed by atoms with Crippen LogP contribution in [0.2, 0.25) is 10.0 Å². The minimum atomic E-state index is -1.98. The molecule has 164 valence electrons. The third-order valence-electron chi connectivity index (χ3n) is 5.11. The third-order valence-corrected chi connectivity index (χ3v) is 5.85. The van der Waals surface area contributed by atoms with Crippen molar-refractivity contribution in [1.82, 2.24) is 20.2 Å². The van der Waals surface area contributed by atoms with Crippen molar-refractivity contribution in [3.8, 4) is 0 Å². The Morgan fingerprint density at radius 3 is 2.72 bits per heavy atom. The molecule has 2 N–H and O–H groups in total. The molecule has 10 heteroatoms. The number of carbonyl (C=O) groups excluding carboxylic acids is 3. The lowest BCUT2D eigenvalue weighted by Gasteiger charge is -2.24. The number of benzene rings is 2. The number of hydrogen-bond donors (Lipinski definition) is 2. The second-order valence-electron chi connectivity index (χ2n) is 7.29. The van der Waals surface area contributed by atoms with Crippen molar-refractivity contribution in [2.24, 2.45) is 0 Å². The van der Waals surface area contributed by atoms with E-state index in [2.05, 4.69) is 15.6 Å². The molecule has 1 atom stereocenters. The van der Waals surface area contributed by atoms with E-state index in [1.807, 2.05) is 0 Å². The number of carbonyl (C=O) groups is 3. The molecule has 3 aromatic rings. The Hall–Kier alpha value is -3.23. The number of rotatable bonds is 4. The van der Waals surface area contributed by atoms with Gasteiger partial charge in [0.15, 0.2) is 0 Å². The first-order chi connectivity index (χ1) is 15.6. The first-order valence-electron chi connectivity index (χ1n) is 10.2. The van der Waals surface area contributed by atoms with Gasteiger partial charge in [0, 0.05) is 18.5 Å². The lowest BCUT2D eigenvalue weighted by Crippen LogP contribution is -2.45. The number of amides is 3. The molecule has 0 unspecified atom stereocenters. The standard InChI is InChI=1S/C22H18Cl2N4O4/c1-11-26-17-5-2-12(10-25-20(30)13-3-4-15(23)16(24)9-13)8-14(17)22(32)28(11)18-6-7-19(29)27-21(18)31/h2-5,8-9,18H,6-7,10H2,1H3,(H,25,30)(H,27,29,31)/t18-/m1/s1/i18D. The van der Waals surface area contributed by atoms with E-state index in [4.69, 9.17) is 24.6 Å². The number of imide groups is 1. The van der Waals surface area contributed by atoms with Crippen LogP contribution in [-0.2, 0) is 16.1 Å². The summed E-state index contributed by atoms with van der Waals surface area (Å²) >= 11 is 11.8. The number of halogens is 2. The van der Waals surface area contributed by atoms with E-state index < -0.39 is 23.4 Å². The average molecular weight is 474 g/mol. The van der Waals surface area contributed by atoms with Crippen molar-refractivity contribution in [2.45, 2.75) is 32.3 Å². The molecule has 1 aliphatic rings. The van der Waals surface area contributed by atoms with Crippen molar-refractivity contribution in [1.29, 1.82) is 0 Å². The summed E-state index contributed by atoms with van der Waals surface area (Å²) in [4.78, 5) is 54.0. The number of nitrogens with one attached hydrogen (secondary N) is 2. The quantitative estimate of drug-likeness (QED) is 0.566. The van der Waals surface area contributed by atoms with E-state index >= 15 is 0 Å². The van der Waals surface area contributed by atoms with E-state index in [0.717, 1.165) is 4.57 Å². The highest BCUT2D eigenvalue weighted by Gasteiger charge is 2.30. The zero-order valence-electron chi connectivity index (χ0n) is 17.9. The Kier molecular flexibility index (Phi) is 5.63. The Morgan fingerprint density at radius 2 is 2.00 bits per heavy atom. The first kappa shape index (κ1) is 20.7. The topological polar surface area (TPSA) is 110 Å². The molecule has 0 bridgehead atoms. The van der Waals surface area contributed by atoms with Gasteiger partial charge in [-0.2, -0.15) is 0 Å². The Bertz CT molecular complexity index is 1390. The molecule has 1 saturated heterocycles. The predicted molar refractivity (Wildman–Crippen MR) is 120 cm³/mol. The molecule has 2 aromatic carbocycles. The molecule has 0 aliphatic carbocycles. The van der Waals surface area contributed by atoms with Crippen LogP contribution in [0.25, 0.3) is 10.9 Å². The van der Waals surface area contributed by atoms with Crippen LogP contribution in [0.3, 0.4) is 0 Å². The smallest absolute Gasteiger partial charge is 0.262 e. The maximum atomic E-state index is 13.3. The number of nitrogens with zero attached hydrogens (tertiary/aromatic N) is 2. The van der Waals surface area contributed by atoms with Gasteiger partial charge in [-0.05, 0) is 49.2 Å². The molecule has 0 radical (unpaired) electrons. The highest BCUT2D eigenvalue weighted by atomic mass is 35.5. The summed E-state index contributed by atoms with van der Waals surface area (Å²) in [5.74, 6) is -1.54. The van der Waals surface area contributed by atoms with Crippen LogP contribution in [-0.4, -0.2) is 27.3 Å². The van der Waals surface area contributed by atoms with E-state index in [1.165, 1.54) is 19.1 Å². The van der Waals surface area contributed by atoms with Crippen LogP contribution < -0.4 is 16.2 Å². The van der Waals surface area contributed by atoms with Gasteiger partial charge < -0.3 is 5.32 Å². The number of fused-ring (bicyclic) bond motifs is 1. The van der Waals surface area contributed by atoms with E-state index in [9.17, 15) is 19.2 Å². The normalized spacial score (nSPS) is 18.9. The van der Waals surface area contributed by atoms with Gasteiger partial charge in [0.25, 0.3) is 11.5 Å². The monoisotopic (exact) mass is 473 g/mol. The average Bonchev–Trinajstić information content (AvgIpc) is 2.77. The van der Waals surface area contributed by atoms with Crippen molar-refractivity contribution < 1.29 is 15.8 Å². The number of hydrogen-bond acceptors (Lipinski definition) is 5. The first-order valence-corrected chi connectivity index (χ1v) is 10.5. The van der Waals surface area contributed by atoms with Crippen LogP contribution in [0.1, 0.15) is 42.0 Å². The summed E-state index contributed by atoms with van der Waals surface area (Å²) in [5.41, 5.74) is 0.769. The van der Waals surface area contributed by atoms with Crippen LogP contribution in [0.15, 0.2) is 41.2 Å². The van der Waals surface area contributed by atoms with E-state index in [1.54, 1.807) is 24.3 Å². The largest absolute Gasteiger partial charge is 0.348 e. The number of aromatic nitrogens is 2. The molecule has 0 spiro atoms. The molecule has 1 aromatic heterocycles. The predicted octanol–water partition coefficient (Wildman–Crippen LogP) is 2.92. The summed E-state index contributed by atoms with van der Waals surface area (Å²) in [6.07, 6.45) is -0.190. The maximum Gasteiger partial charge on any atom is 0.262 e. The Balaban J connectivity index is 1.65. The molecule has 8 nitrogen and oxygen atoms in total. The summed E-state index contributed by atoms with van der Waals surface area (Å²) in [5, 5.41) is 5.66. The highest BCUT2D eigenvalue weighted by molar-refractivity contribution is 6.42. The van der Waals surface area contributed by atoms with Gasteiger partial charge in [-0.3, -0.25) is 29.1 Å². The summed E-state index contributed by atoms with van der Waals surface area (Å²) in [6, 6.07) is 7.46. The van der Waals surface area contributed by atoms with Crippen LogP contribution in [0.5, 0.6) is 0 Å². The molecule has 4 rings (SSSR count). The summed E-state index contributed by atoms with van der Waals surface area (Å²) < 4.78 is 9.62. The fourth-order valence-corrected chi connectivity index (χ4v) is 3.81. The number of aryl methyl sites for hydroxylation is 1. The molecule has 2 heterocycles. The summed E-state index contributed by atoms with van der Waals surface area (Å²) in [6.45, 7) is 1.65. The number of piperidine rings is 1. The van der Waals surface area contributed by atoms with Crippen LogP contribution in [0.4, 0.5) is 0 Å². The molecule has 1 aliphatic heterocycles. The van der Waals surface area contributed by atoms with Gasteiger partial charge in [-0.15, -0.1) is 0 Å². The van der Waals surface area contributed by atoms with Crippen LogP contribution in [0, 0.1) is 6.92 Å². The summed E-state index contributed by atoms with van der Waals surface area (Å²) in [7, 11) is 0. The second kappa shape index (κ2) is 8.72. The zero-order valence-corrected chi connectivity index (χ0v) is 18.4. The maximum absolute atomic E-state index is 13.3. The minimum absolute atomic E-state index is 0.0556. The molecule has 0 saturated carbocycles. The third kappa shape index (κ3) is 4.24. The fourth-order valence-electron chi connectivity index (χ4n) is 3.51. The SMILES string of the molecule is [2H][C@@]1(n2c(C)nc3ccc(CNC(=O)c4ccc(Cl)c(Cl)c4)cc3c2=O)CCC(=O)NC1=O. The van der Waals surface area contributed by atoms with E-state index in [-0.39, 0.29) is 41.5 Å². The van der Waals surface area contributed by atoms with Gasteiger partial charge in [0.2, 0.25) is 11.8 Å². The fraction of sp³-hybridized carbons (Fsp3) is 0.227. The van der Waals surface area contributed by atoms with Gasteiger partial charge >= 0.3 is 0 Å². The Labute approximate surface area is 193 Å². The van der Waals surface area contributed by atoms with Gasteiger partial charge in [0.1, 0.15) is 11.8 Å². The minimum Gasteiger partial charge on any atom is -0.348 e. The lowest BCUT2D eigenvalue weighted by molar-refractivity contribution is -0.135.